The Bertz CT molecular complexity index is 719. The van der Waals surface area contributed by atoms with E-state index in [0.29, 0.717) is 28.1 Å². The first kappa shape index (κ1) is 11.5. The molecule has 0 radical (unpaired) electrons. The van der Waals surface area contributed by atoms with Gasteiger partial charge < -0.3 is 10.5 Å². The monoisotopic (exact) mass is 253 g/mol. The predicted octanol–water partition coefficient (Wildman–Crippen LogP) is 2.05. The van der Waals surface area contributed by atoms with Crippen molar-refractivity contribution in [2.75, 3.05) is 12.8 Å². The van der Waals surface area contributed by atoms with Crippen LogP contribution in [0.25, 0.3) is 0 Å². The van der Waals surface area contributed by atoms with Crippen LogP contribution in [0.3, 0.4) is 0 Å². The van der Waals surface area contributed by atoms with Gasteiger partial charge in [0.2, 0.25) is 0 Å². The van der Waals surface area contributed by atoms with Gasteiger partial charge in [0.25, 0.3) is 0 Å². The van der Waals surface area contributed by atoms with Gasteiger partial charge >= 0.3 is 0 Å². The van der Waals surface area contributed by atoms with E-state index in [2.05, 4.69) is 0 Å². The van der Waals surface area contributed by atoms with Crippen molar-refractivity contribution in [2.45, 2.75) is 0 Å². The van der Waals surface area contributed by atoms with Crippen molar-refractivity contribution in [3.63, 3.8) is 0 Å². The number of rotatable bonds is 1. The summed E-state index contributed by atoms with van der Waals surface area (Å²) in [6.45, 7) is 0. The van der Waals surface area contributed by atoms with E-state index in [9.17, 15) is 9.59 Å². The molecular formula is C15H11NO3. The molecule has 4 heteroatoms. The molecule has 0 atom stereocenters. The van der Waals surface area contributed by atoms with Crippen molar-refractivity contribution in [2.24, 2.45) is 0 Å². The van der Waals surface area contributed by atoms with E-state index >= 15 is 0 Å². The molecule has 0 heterocycles. The van der Waals surface area contributed by atoms with Crippen LogP contribution < -0.4 is 10.5 Å². The van der Waals surface area contributed by atoms with E-state index in [4.69, 9.17) is 10.5 Å². The Morgan fingerprint density at radius 2 is 1.53 bits per heavy atom. The number of benzene rings is 2. The molecule has 0 aliphatic heterocycles. The van der Waals surface area contributed by atoms with Crippen LogP contribution in [-0.4, -0.2) is 18.7 Å². The van der Waals surface area contributed by atoms with Crippen LogP contribution in [0.5, 0.6) is 5.75 Å². The zero-order chi connectivity index (χ0) is 13.6. The van der Waals surface area contributed by atoms with E-state index < -0.39 is 0 Å². The van der Waals surface area contributed by atoms with Crippen LogP contribution >= 0.6 is 0 Å². The van der Waals surface area contributed by atoms with Crippen molar-refractivity contribution >= 4 is 17.3 Å². The molecule has 4 nitrogen and oxygen atoms in total. The SMILES string of the molecule is COc1cccc2c1C(=O)c1c(N)cccc1C2=O. The lowest BCUT2D eigenvalue weighted by Crippen LogP contribution is -2.22. The summed E-state index contributed by atoms with van der Waals surface area (Å²) in [5.74, 6) is -0.0688. The van der Waals surface area contributed by atoms with E-state index in [-0.39, 0.29) is 17.1 Å². The highest BCUT2D eigenvalue weighted by Crippen LogP contribution is 2.35. The highest BCUT2D eigenvalue weighted by molar-refractivity contribution is 6.30. The fourth-order valence-electron chi connectivity index (χ4n) is 2.41. The number of hydrogen-bond acceptors (Lipinski definition) is 4. The minimum atomic E-state index is -0.264. The summed E-state index contributed by atoms with van der Waals surface area (Å²) in [4.78, 5) is 25.0. The molecule has 1 aliphatic carbocycles. The van der Waals surface area contributed by atoms with Gasteiger partial charge in [0.1, 0.15) is 5.75 Å². The van der Waals surface area contributed by atoms with E-state index in [1.165, 1.54) is 7.11 Å². The number of anilines is 1. The Morgan fingerprint density at radius 3 is 2.21 bits per heavy atom. The molecule has 2 aromatic rings. The number of ether oxygens (including phenoxy) is 1. The van der Waals surface area contributed by atoms with Crippen LogP contribution in [0.4, 0.5) is 5.69 Å². The van der Waals surface area contributed by atoms with E-state index in [0.717, 1.165) is 0 Å². The lowest BCUT2D eigenvalue weighted by atomic mass is 9.83. The Morgan fingerprint density at radius 1 is 0.895 bits per heavy atom. The summed E-state index contributed by atoms with van der Waals surface area (Å²) in [6, 6.07) is 9.89. The first-order valence-electron chi connectivity index (χ1n) is 5.80. The predicted molar refractivity (Wildman–Crippen MR) is 70.7 cm³/mol. The second-order valence-corrected chi connectivity index (χ2v) is 4.31. The van der Waals surface area contributed by atoms with Crippen molar-refractivity contribution in [3.05, 3.63) is 58.7 Å². The molecular weight excluding hydrogens is 242 g/mol. The minimum absolute atomic E-state index is 0.198. The number of fused-ring (bicyclic) bond motifs is 2. The summed E-state index contributed by atoms with van der Waals surface area (Å²) in [5.41, 5.74) is 7.42. The molecule has 0 saturated heterocycles. The van der Waals surface area contributed by atoms with Crippen LogP contribution in [0.1, 0.15) is 31.8 Å². The molecule has 2 aromatic carbocycles. The van der Waals surface area contributed by atoms with Gasteiger partial charge in [-0.2, -0.15) is 0 Å². The van der Waals surface area contributed by atoms with Gasteiger partial charge in [-0.25, -0.2) is 0 Å². The normalized spacial score (nSPS) is 12.9. The molecule has 1 aliphatic rings. The number of carbonyl (C=O) groups excluding carboxylic acids is 2. The maximum absolute atomic E-state index is 12.5. The summed E-state index contributed by atoms with van der Waals surface area (Å²) in [7, 11) is 1.47. The summed E-state index contributed by atoms with van der Waals surface area (Å²) in [5, 5.41) is 0. The van der Waals surface area contributed by atoms with Crippen LogP contribution in [0.15, 0.2) is 36.4 Å². The molecule has 3 rings (SSSR count). The lowest BCUT2D eigenvalue weighted by molar-refractivity contribution is 0.0977. The summed E-state index contributed by atoms with van der Waals surface area (Å²) < 4.78 is 5.17. The topological polar surface area (TPSA) is 69.4 Å². The molecule has 0 saturated carbocycles. The van der Waals surface area contributed by atoms with Crippen molar-refractivity contribution < 1.29 is 14.3 Å². The summed E-state index contributed by atoms with van der Waals surface area (Å²) in [6.07, 6.45) is 0. The number of nitrogen functional groups attached to an aromatic ring is 1. The van der Waals surface area contributed by atoms with Gasteiger partial charge in [-0.15, -0.1) is 0 Å². The number of carbonyl (C=O) groups is 2. The fourth-order valence-corrected chi connectivity index (χ4v) is 2.41. The maximum Gasteiger partial charge on any atom is 0.200 e. The number of hydrogen-bond donors (Lipinski definition) is 1. The molecule has 0 bridgehead atoms. The Kier molecular flexibility index (Phi) is 2.38. The largest absolute Gasteiger partial charge is 0.496 e. The zero-order valence-electron chi connectivity index (χ0n) is 10.3. The highest BCUT2D eigenvalue weighted by atomic mass is 16.5. The first-order valence-corrected chi connectivity index (χ1v) is 5.80. The average Bonchev–Trinajstić information content (AvgIpc) is 2.43. The van der Waals surface area contributed by atoms with Crippen LogP contribution in [0.2, 0.25) is 0 Å². The number of nitrogens with two attached hydrogens (primary N) is 1. The van der Waals surface area contributed by atoms with Gasteiger partial charge in [0.05, 0.1) is 18.2 Å². The van der Waals surface area contributed by atoms with E-state index in [1.807, 2.05) is 0 Å². The molecule has 0 unspecified atom stereocenters. The second kappa shape index (κ2) is 3.95. The van der Waals surface area contributed by atoms with Gasteiger partial charge in [-0.05, 0) is 12.1 Å². The molecule has 94 valence electrons. The molecule has 0 amide bonds. The molecule has 2 N–H and O–H groups in total. The van der Waals surface area contributed by atoms with Crippen molar-refractivity contribution in [3.8, 4) is 5.75 Å². The van der Waals surface area contributed by atoms with Gasteiger partial charge in [-0.1, -0.05) is 24.3 Å². The highest BCUT2D eigenvalue weighted by Gasteiger charge is 2.33. The number of ketones is 2. The summed E-state index contributed by atoms with van der Waals surface area (Å²) >= 11 is 0. The molecule has 19 heavy (non-hydrogen) atoms. The first-order chi connectivity index (χ1) is 9.15. The average molecular weight is 253 g/mol. The quantitative estimate of drug-likeness (QED) is 0.674. The van der Waals surface area contributed by atoms with Gasteiger partial charge in [-0.3, -0.25) is 9.59 Å². The van der Waals surface area contributed by atoms with Crippen LogP contribution in [0, 0.1) is 0 Å². The molecule has 0 fully saturated rings. The fraction of sp³-hybridized carbons (Fsp3) is 0.0667. The minimum Gasteiger partial charge on any atom is -0.496 e. The number of methoxy groups -OCH3 is 1. The lowest BCUT2D eigenvalue weighted by Gasteiger charge is -2.20. The third-order valence-electron chi connectivity index (χ3n) is 3.29. The second-order valence-electron chi connectivity index (χ2n) is 4.31. The zero-order valence-corrected chi connectivity index (χ0v) is 10.3. The third-order valence-corrected chi connectivity index (χ3v) is 3.29. The standard InChI is InChI=1S/C15H11NO3/c1-19-11-7-3-5-9-13(11)15(18)12-8(14(9)17)4-2-6-10(12)16/h2-7H,16H2,1H3. The molecule has 0 aromatic heterocycles. The smallest absolute Gasteiger partial charge is 0.200 e. The maximum atomic E-state index is 12.5. The van der Waals surface area contributed by atoms with Crippen molar-refractivity contribution in [1.82, 2.24) is 0 Å². The van der Waals surface area contributed by atoms with Gasteiger partial charge in [0.15, 0.2) is 11.6 Å². The Balaban J connectivity index is 2.37. The van der Waals surface area contributed by atoms with Gasteiger partial charge in [0, 0.05) is 16.8 Å². The van der Waals surface area contributed by atoms with E-state index in [1.54, 1.807) is 36.4 Å². The Labute approximate surface area is 109 Å². The third kappa shape index (κ3) is 1.46. The van der Waals surface area contributed by atoms with Crippen molar-refractivity contribution in [1.29, 1.82) is 0 Å². The van der Waals surface area contributed by atoms with Crippen LogP contribution in [-0.2, 0) is 0 Å². The molecule has 0 spiro atoms. The Hall–Kier alpha value is -2.62.